The maximum absolute atomic E-state index is 7.00. The van der Waals surface area contributed by atoms with Gasteiger partial charge in [0.25, 0.3) is 0 Å². The molecule has 1 aromatic carbocycles. The zero-order valence-corrected chi connectivity index (χ0v) is 11.5. The van der Waals surface area contributed by atoms with Crippen LogP contribution >= 0.6 is 0 Å². The first kappa shape index (κ1) is 14.3. The third kappa shape index (κ3) is 3.93. The van der Waals surface area contributed by atoms with E-state index in [4.69, 9.17) is 19.3 Å². The Morgan fingerprint density at radius 1 is 1.16 bits per heavy atom. The Hall–Kier alpha value is -1.10. The summed E-state index contributed by atoms with van der Waals surface area (Å²) in [6.45, 7) is 1.55. The quantitative estimate of drug-likeness (QED) is 0.828. The van der Waals surface area contributed by atoms with Gasteiger partial charge in [-0.25, -0.2) is 0 Å². The van der Waals surface area contributed by atoms with Crippen LogP contribution in [0.4, 0.5) is 0 Å². The minimum atomic E-state index is 0.560. The van der Waals surface area contributed by atoms with Crippen molar-refractivity contribution in [1.82, 2.24) is 0 Å². The SMILES string of the molecule is CO.COc1ccc(COCC2CC3OC3C2)cc1. The number of epoxide rings is 1. The molecule has 1 saturated carbocycles. The predicted octanol–water partition coefficient (Wildman–Crippen LogP) is 2.00. The van der Waals surface area contributed by atoms with Gasteiger partial charge in [-0.3, -0.25) is 0 Å². The summed E-state index contributed by atoms with van der Waals surface area (Å²) in [7, 11) is 2.68. The Balaban J connectivity index is 0.000000637. The average Bonchev–Trinajstić information content (AvgIpc) is 3.09. The van der Waals surface area contributed by atoms with E-state index < -0.39 is 0 Å². The molecule has 4 heteroatoms. The van der Waals surface area contributed by atoms with Crippen LogP contribution in [0.3, 0.4) is 0 Å². The molecule has 0 spiro atoms. The number of aliphatic hydroxyl groups is 1. The maximum atomic E-state index is 7.00. The fraction of sp³-hybridized carbons (Fsp3) is 0.600. The van der Waals surface area contributed by atoms with Crippen molar-refractivity contribution in [2.24, 2.45) is 5.92 Å². The van der Waals surface area contributed by atoms with E-state index in [-0.39, 0.29) is 0 Å². The molecule has 2 aliphatic rings. The molecule has 1 aliphatic heterocycles. The molecule has 2 unspecified atom stereocenters. The molecular formula is C15H22O4. The van der Waals surface area contributed by atoms with E-state index in [1.807, 2.05) is 24.3 Å². The van der Waals surface area contributed by atoms with Crippen molar-refractivity contribution in [3.05, 3.63) is 29.8 Å². The van der Waals surface area contributed by atoms with Crippen LogP contribution in [0.5, 0.6) is 5.75 Å². The van der Waals surface area contributed by atoms with Crippen molar-refractivity contribution in [2.75, 3.05) is 20.8 Å². The third-order valence-electron chi connectivity index (χ3n) is 3.60. The number of benzene rings is 1. The second-order valence-corrected chi connectivity index (χ2v) is 4.91. The van der Waals surface area contributed by atoms with Crippen LogP contribution in [-0.4, -0.2) is 38.1 Å². The molecule has 2 fully saturated rings. The normalized spacial score (nSPS) is 27.2. The van der Waals surface area contributed by atoms with Crippen molar-refractivity contribution in [3.8, 4) is 5.75 Å². The van der Waals surface area contributed by atoms with Crippen LogP contribution in [-0.2, 0) is 16.1 Å². The summed E-state index contributed by atoms with van der Waals surface area (Å²) in [6, 6.07) is 8.04. The summed E-state index contributed by atoms with van der Waals surface area (Å²) >= 11 is 0. The van der Waals surface area contributed by atoms with E-state index in [1.165, 1.54) is 18.4 Å². The fourth-order valence-electron chi connectivity index (χ4n) is 2.55. The summed E-state index contributed by atoms with van der Waals surface area (Å²) in [5.41, 5.74) is 1.20. The summed E-state index contributed by atoms with van der Waals surface area (Å²) < 4.78 is 16.3. The van der Waals surface area contributed by atoms with Gasteiger partial charge in [0.05, 0.1) is 32.5 Å². The first-order valence-corrected chi connectivity index (χ1v) is 6.66. The highest BCUT2D eigenvalue weighted by atomic mass is 16.6. The first-order valence-electron chi connectivity index (χ1n) is 6.66. The van der Waals surface area contributed by atoms with Gasteiger partial charge in [-0.1, -0.05) is 12.1 Å². The van der Waals surface area contributed by atoms with Crippen LogP contribution < -0.4 is 4.74 Å². The number of rotatable bonds is 5. The first-order chi connectivity index (χ1) is 9.35. The molecule has 19 heavy (non-hydrogen) atoms. The van der Waals surface area contributed by atoms with Crippen molar-refractivity contribution >= 4 is 0 Å². The van der Waals surface area contributed by atoms with E-state index in [9.17, 15) is 0 Å². The highest BCUT2D eigenvalue weighted by Crippen LogP contribution is 2.42. The number of ether oxygens (including phenoxy) is 3. The fourth-order valence-corrected chi connectivity index (χ4v) is 2.55. The van der Waals surface area contributed by atoms with Crippen molar-refractivity contribution in [3.63, 3.8) is 0 Å². The number of hydrogen-bond donors (Lipinski definition) is 1. The number of aliphatic hydroxyl groups excluding tert-OH is 1. The van der Waals surface area contributed by atoms with E-state index in [0.29, 0.717) is 24.7 Å². The van der Waals surface area contributed by atoms with Gasteiger partial charge in [-0.05, 0) is 36.5 Å². The van der Waals surface area contributed by atoms with Crippen LogP contribution in [0.1, 0.15) is 18.4 Å². The van der Waals surface area contributed by atoms with E-state index in [1.54, 1.807) is 7.11 Å². The van der Waals surface area contributed by atoms with Gasteiger partial charge >= 0.3 is 0 Å². The molecule has 0 amide bonds. The second kappa shape index (κ2) is 6.89. The number of methoxy groups -OCH3 is 1. The zero-order valence-electron chi connectivity index (χ0n) is 11.5. The molecule has 0 aromatic heterocycles. The van der Waals surface area contributed by atoms with Gasteiger partial charge < -0.3 is 19.3 Å². The van der Waals surface area contributed by atoms with Crippen molar-refractivity contribution in [2.45, 2.75) is 31.7 Å². The maximum Gasteiger partial charge on any atom is 0.118 e. The number of fused-ring (bicyclic) bond motifs is 1. The van der Waals surface area contributed by atoms with Crippen LogP contribution in [0.15, 0.2) is 24.3 Å². The highest BCUT2D eigenvalue weighted by Gasteiger charge is 2.47. The largest absolute Gasteiger partial charge is 0.497 e. The Bertz CT molecular complexity index is 366. The molecule has 106 valence electrons. The molecule has 1 saturated heterocycles. The van der Waals surface area contributed by atoms with Crippen molar-refractivity contribution < 1.29 is 19.3 Å². The van der Waals surface area contributed by atoms with Gasteiger partial charge in [0.2, 0.25) is 0 Å². The Morgan fingerprint density at radius 2 is 1.79 bits per heavy atom. The lowest BCUT2D eigenvalue weighted by atomic mass is 10.1. The predicted molar refractivity (Wildman–Crippen MR) is 72.2 cm³/mol. The smallest absolute Gasteiger partial charge is 0.118 e. The molecule has 1 heterocycles. The van der Waals surface area contributed by atoms with Gasteiger partial charge in [0, 0.05) is 7.11 Å². The summed E-state index contributed by atoms with van der Waals surface area (Å²) in [4.78, 5) is 0. The molecule has 1 aromatic rings. The van der Waals surface area contributed by atoms with Gasteiger partial charge in [0.15, 0.2) is 0 Å². The average molecular weight is 266 g/mol. The Kier molecular flexibility index (Phi) is 5.19. The molecular weight excluding hydrogens is 244 g/mol. The van der Waals surface area contributed by atoms with Crippen LogP contribution in [0.2, 0.25) is 0 Å². The lowest BCUT2D eigenvalue weighted by Crippen LogP contribution is -2.08. The van der Waals surface area contributed by atoms with E-state index >= 15 is 0 Å². The lowest BCUT2D eigenvalue weighted by Gasteiger charge is -2.11. The topological polar surface area (TPSA) is 51.2 Å². The Morgan fingerprint density at radius 3 is 2.37 bits per heavy atom. The minimum Gasteiger partial charge on any atom is -0.497 e. The molecule has 0 radical (unpaired) electrons. The van der Waals surface area contributed by atoms with E-state index in [2.05, 4.69) is 0 Å². The highest BCUT2D eigenvalue weighted by molar-refractivity contribution is 5.26. The molecule has 1 N–H and O–H groups in total. The zero-order chi connectivity index (χ0) is 13.7. The Labute approximate surface area is 114 Å². The summed E-state index contributed by atoms with van der Waals surface area (Å²) in [5, 5.41) is 7.00. The molecule has 3 rings (SSSR count). The molecule has 4 nitrogen and oxygen atoms in total. The monoisotopic (exact) mass is 266 g/mol. The molecule has 0 bridgehead atoms. The second-order valence-electron chi connectivity index (χ2n) is 4.91. The van der Waals surface area contributed by atoms with Crippen LogP contribution in [0, 0.1) is 5.92 Å². The standard InChI is InChI=1S/C14H18O3.CH4O/c1-15-12-4-2-10(3-5-12)8-16-9-11-6-13-14(7-11)17-13;1-2/h2-5,11,13-14H,6-9H2,1H3;2H,1H3. The summed E-state index contributed by atoms with van der Waals surface area (Å²) in [5.74, 6) is 1.60. The minimum absolute atomic E-state index is 0.560. The van der Waals surface area contributed by atoms with Gasteiger partial charge in [-0.15, -0.1) is 0 Å². The van der Waals surface area contributed by atoms with Crippen LogP contribution in [0.25, 0.3) is 0 Å². The van der Waals surface area contributed by atoms with Gasteiger partial charge in [-0.2, -0.15) is 0 Å². The lowest BCUT2D eigenvalue weighted by molar-refractivity contribution is 0.0754. The van der Waals surface area contributed by atoms with Crippen molar-refractivity contribution in [1.29, 1.82) is 0 Å². The third-order valence-corrected chi connectivity index (χ3v) is 3.60. The number of hydrogen-bond acceptors (Lipinski definition) is 4. The van der Waals surface area contributed by atoms with Gasteiger partial charge in [0.1, 0.15) is 5.75 Å². The van der Waals surface area contributed by atoms with E-state index in [0.717, 1.165) is 19.5 Å². The summed E-state index contributed by atoms with van der Waals surface area (Å²) in [6.07, 6.45) is 3.50. The molecule has 2 atom stereocenters. The molecule has 1 aliphatic carbocycles.